The second-order valence-corrected chi connectivity index (χ2v) is 5.49. The van der Waals surface area contributed by atoms with Crippen LogP contribution in [0.3, 0.4) is 0 Å². The fraction of sp³-hybridized carbons (Fsp3) is 0.214. The number of methoxy groups -OCH3 is 2. The van der Waals surface area contributed by atoms with E-state index in [0.29, 0.717) is 27.8 Å². The molecule has 22 heavy (non-hydrogen) atoms. The first-order valence-corrected chi connectivity index (χ1v) is 7.26. The van der Waals surface area contributed by atoms with Crippen molar-refractivity contribution in [2.75, 3.05) is 19.5 Å². The van der Waals surface area contributed by atoms with Gasteiger partial charge in [-0.05, 0) is 18.2 Å². The summed E-state index contributed by atoms with van der Waals surface area (Å²) in [6.07, 6.45) is 1.71. The third kappa shape index (κ3) is 2.48. The summed E-state index contributed by atoms with van der Waals surface area (Å²) in [6.45, 7) is 0. The van der Waals surface area contributed by atoms with Crippen LogP contribution in [0.2, 0.25) is 0 Å². The molecule has 114 valence electrons. The third-order valence-electron chi connectivity index (χ3n) is 3.08. The number of anilines is 1. The number of carbonyl (C=O) groups is 1. The molecule has 0 spiro atoms. The number of fused-ring (bicyclic) bond motifs is 1. The highest BCUT2D eigenvalue weighted by Crippen LogP contribution is 2.38. The third-order valence-corrected chi connectivity index (χ3v) is 4.06. The molecule has 0 aliphatic heterocycles. The predicted octanol–water partition coefficient (Wildman–Crippen LogP) is 2.30. The monoisotopic (exact) mass is 318 g/mol. The van der Waals surface area contributed by atoms with Gasteiger partial charge >= 0.3 is 0 Å². The Labute approximate surface area is 130 Å². The van der Waals surface area contributed by atoms with Crippen LogP contribution in [-0.2, 0) is 7.05 Å². The van der Waals surface area contributed by atoms with Gasteiger partial charge in [-0.3, -0.25) is 14.8 Å². The number of aryl methyl sites for hydroxylation is 1. The van der Waals surface area contributed by atoms with E-state index in [1.807, 2.05) is 6.07 Å². The Bertz CT molecular complexity index is 799. The Morgan fingerprint density at radius 2 is 1.95 bits per heavy atom. The van der Waals surface area contributed by atoms with E-state index in [9.17, 15) is 4.79 Å². The lowest BCUT2D eigenvalue weighted by Gasteiger charge is -2.03. The molecule has 1 aromatic carbocycles. The fourth-order valence-electron chi connectivity index (χ4n) is 2.04. The molecule has 0 saturated carbocycles. The van der Waals surface area contributed by atoms with Crippen molar-refractivity contribution >= 4 is 32.6 Å². The minimum Gasteiger partial charge on any atom is -0.495 e. The summed E-state index contributed by atoms with van der Waals surface area (Å²) < 4.78 is 13.0. The second-order valence-electron chi connectivity index (χ2n) is 4.50. The van der Waals surface area contributed by atoms with Crippen LogP contribution in [0.5, 0.6) is 11.5 Å². The Hall–Kier alpha value is -2.61. The van der Waals surface area contributed by atoms with Crippen molar-refractivity contribution in [1.29, 1.82) is 0 Å². The topological polar surface area (TPSA) is 78.3 Å². The Morgan fingerprint density at radius 1 is 1.23 bits per heavy atom. The van der Waals surface area contributed by atoms with E-state index < -0.39 is 0 Å². The minimum absolute atomic E-state index is 0.308. The summed E-state index contributed by atoms with van der Waals surface area (Å²) >= 11 is 1.33. The number of nitrogens with one attached hydrogen (secondary N) is 1. The molecule has 0 bridgehead atoms. The quantitative estimate of drug-likeness (QED) is 0.798. The molecule has 8 heteroatoms. The molecule has 0 radical (unpaired) electrons. The number of benzene rings is 1. The molecule has 1 amide bonds. The number of thiazole rings is 1. The van der Waals surface area contributed by atoms with Gasteiger partial charge in [0.2, 0.25) is 0 Å². The van der Waals surface area contributed by atoms with Gasteiger partial charge in [-0.1, -0.05) is 11.3 Å². The maximum Gasteiger partial charge on any atom is 0.277 e. The van der Waals surface area contributed by atoms with Gasteiger partial charge < -0.3 is 9.47 Å². The fourth-order valence-corrected chi connectivity index (χ4v) is 3.01. The highest BCUT2D eigenvalue weighted by Gasteiger charge is 2.16. The van der Waals surface area contributed by atoms with Crippen LogP contribution in [0.15, 0.2) is 24.4 Å². The summed E-state index contributed by atoms with van der Waals surface area (Å²) in [5, 5.41) is 7.27. The van der Waals surface area contributed by atoms with Crippen molar-refractivity contribution in [2.24, 2.45) is 7.05 Å². The van der Waals surface area contributed by atoms with Gasteiger partial charge in [0, 0.05) is 13.2 Å². The maximum atomic E-state index is 12.1. The van der Waals surface area contributed by atoms with Crippen molar-refractivity contribution in [1.82, 2.24) is 14.8 Å². The number of ether oxygens (including phenoxy) is 2. The molecule has 0 fully saturated rings. The van der Waals surface area contributed by atoms with Crippen LogP contribution in [0, 0.1) is 0 Å². The lowest BCUT2D eigenvalue weighted by molar-refractivity contribution is 0.102. The van der Waals surface area contributed by atoms with Crippen molar-refractivity contribution < 1.29 is 14.3 Å². The Morgan fingerprint density at radius 3 is 2.59 bits per heavy atom. The number of hydrogen-bond acceptors (Lipinski definition) is 6. The lowest BCUT2D eigenvalue weighted by Crippen LogP contribution is -2.12. The van der Waals surface area contributed by atoms with Gasteiger partial charge in [-0.2, -0.15) is 5.10 Å². The standard InChI is InChI=1S/C14H14N4O3S/c1-18-7-6-8(17-18)13(19)16-14-15-11-9(20-2)4-5-10(21-3)12(11)22-14/h4-7H,1-3H3,(H,15,16,19). The highest BCUT2D eigenvalue weighted by atomic mass is 32.1. The smallest absolute Gasteiger partial charge is 0.277 e. The number of hydrogen-bond donors (Lipinski definition) is 1. The molecule has 0 atom stereocenters. The number of carbonyl (C=O) groups excluding carboxylic acids is 1. The van der Waals surface area contributed by atoms with Gasteiger partial charge in [0.15, 0.2) is 10.8 Å². The number of aromatic nitrogens is 3. The first-order valence-electron chi connectivity index (χ1n) is 6.45. The van der Waals surface area contributed by atoms with E-state index in [4.69, 9.17) is 9.47 Å². The van der Waals surface area contributed by atoms with Crippen LogP contribution in [-0.4, -0.2) is 34.9 Å². The average Bonchev–Trinajstić information content (AvgIpc) is 3.12. The van der Waals surface area contributed by atoms with E-state index in [-0.39, 0.29) is 5.91 Å². The number of nitrogens with zero attached hydrogens (tertiary/aromatic N) is 3. The molecule has 3 rings (SSSR count). The van der Waals surface area contributed by atoms with Crippen molar-refractivity contribution in [3.63, 3.8) is 0 Å². The van der Waals surface area contributed by atoms with E-state index in [0.717, 1.165) is 4.70 Å². The second kappa shape index (κ2) is 5.64. The molecule has 2 aromatic heterocycles. The molecule has 0 unspecified atom stereocenters. The van der Waals surface area contributed by atoms with Crippen LogP contribution in [0.1, 0.15) is 10.5 Å². The Balaban J connectivity index is 1.96. The molecule has 3 aromatic rings. The largest absolute Gasteiger partial charge is 0.495 e. The summed E-state index contributed by atoms with van der Waals surface area (Å²) in [4.78, 5) is 16.5. The van der Waals surface area contributed by atoms with Crippen molar-refractivity contribution in [3.8, 4) is 11.5 Å². The van der Waals surface area contributed by atoms with Gasteiger partial charge in [-0.25, -0.2) is 4.98 Å². The maximum absolute atomic E-state index is 12.1. The highest BCUT2D eigenvalue weighted by molar-refractivity contribution is 7.22. The van der Waals surface area contributed by atoms with Gasteiger partial charge in [-0.15, -0.1) is 0 Å². The van der Waals surface area contributed by atoms with Gasteiger partial charge in [0.05, 0.1) is 14.2 Å². The van der Waals surface area contributed by atoms with Gasteiger partial charge in [0.25, 0.3) is 5.91 Å². The molecular weight excluding hydrogens is 304 g/mol. The first kappa shape index (κ1) is 14.3. The van der Waals surface area contributed by atoms with Crippen molar-refractivity contribution in [3.05, 3.63) is 30.1 Å². The number of amides is 1. The average molecular weight is 318 g/mol. The van der Waals surface area contributed by atoms with E-state index in [1.54, 1.807) is 44.3 Å². The van der Waals surface area contributed by atoms with Crippen molar-refractivity contribution in [2.45, 2.75) is 0 Å². The van der Waals surface area contributed by atoms with Crippen LogP contribution in [0.4, 0.5) is 5.13 Å². The zero-order valence-electron chi connectivity index (χ0n) is 12.3. The van der Waals surface area contributed by atoms with Crippen LogP contribution < -0.4 is 14.8 Å². The molecule has 0 aliphatic carbocycles. The normalized spacial score (nSPS) is 10.7. The molecule has 2 heterocycles. The molecule has 0 aliphatic rings. The summed E-state index contributed by atoms with van der Waals surface area (Å²) in [5.74, 6) is 1.01. The zero-order chi connectivity index (χ0) is 15.7. The van der Waals surface area contributed by atoms with E-state index in [2.05, 4.69) is 15.4 Å². The summed E-state index contributed by atoms with van der Waals surface area (Å²) in [7, 11) is 4.92. The first-order chi connectivity index (χ1) is 10.6. The molecule has 0 saturated heterocycles. The minimum atomic E-state index is -0.308. The summed E-state index contributed by atoms with van der Waals surface area (Å²) in [5.41, 5.74) is 0.990. The van der Waals surface area contributed by atoms with Crippen LogP contribution in [0.25, 0.3) is 10.2 Å². The number of rotatable bonds is 4. The zero-order valence-corrected chi connectivity index (χ0v) is 13.1. The molecule has 1 N–H and O–H groups in total. The van der Waals surface area contributed by atoms with E-state index >= 15 is 0 Å². The predicted molar refractivity (Wildman–Crippen MR) is 83.9 cm³/mol. The SMILES string of the molecule is COc1ccc(OC)c2sc(NC(=O)c3ccn(C)n3)nc12. The van der Waals surface area contributed by atoms with E-state index in [1.165, 1.54) is 11.3 Å². The van der Waals surface area contributed by atoms with Gasteiger partial charge in [0.1, 0.15) is 21.7 Å². The molecule has 7 nitrogen and oxygen atoms in total. The van der Waals surface area contributed by atoms with Crippen LogP contribution >= 0.6 is 11.3 Å². The Kier molecular flexibility index (Phi) is 3.68. The summed E-state index contributed by atoms with van der Waals surface area (Å²) in [6, 6.07) is 5.23. The molecular formula is C14H14N4O3S. The lowest BCUT2D eigenvalue weighted by atomic mass is 10.3.